The van der Waals surface area contributed by atoms with E-state index in [9.17, 15) is 8.42 Å². The molecule has 1 aliphatic carbocycles. The van der Waals surface area contributed by atoms with Crippen molar-refractivity contribution in [3.05, 3.63) is 0 Å². The molecule has 0 aromatic carbocycles. The van der Waals surface area contributed by atoms with Crippen molar-refractivity contribution >= 4 is 9.84 Å². The summed E-state index contributed by atoms with van der Waals surface area (Å²) in [5, 5.41) is 0. The van der Waals surface area contributed by atoms with Gasteiger partial charge in [-0.1, -0.05) is 6.92 Å². The number of rotatable bonds is 5. The second-order valence-electron chi connectivity index (χ2n) is 5.20. The van der Waals surface area contributed by atoms with E-state index in [1.807, 2.05) is 0 Å². The molecular formula is C11H22N2O2S. The van der Waals surface area contributed by atoms with Crippen molar-refractivity contribution in [2.24, 2.45) is 5.73 Å². The lowest BCUT2D eigenvalue weighted by atomic mass is 9.96. The van der Waals surface area contributed by atoms with Crippen LogP contribution in [-0.2, 0) is 9.84 Å². The van der Waals surface area contributed by atoms with Gasteiger partial charge in [0.2, 0.25) is 0 Å². The Hall–Kier alpha value is -0.130. The molecule has 1 heterocycles. The number of nitrogens with two attached hydrogens (primary N) is 1. The molecule has 2 fully saturated rings. The fourth-order valence-electron chi connectivity index (χ4n) is 2.84. The van der Waals surface area contributed by atoms with Gasteiger partial charge in [0.25, 0.3) is 0 Å². The van der Waals surface area contributed by atoms with Crippen LogP contribution in [0.15, 0.2) is 0 Å². The summed E-state index contributed by atoms with van der Waals surface area (Å²) in [5.74, 6) is 0.587. The van der Waals surface area contributed by atoms with Gasteiger partial charge >= 0.3 is 0 Å². The van der Waals surface area contributed by atoms with Crippen LogP contribution < -0.4 is 5.73 Å². The van der Waals surface area contributed by atoms with Crippen LogP contribution in [0.25, 0.3) is 0 Å². The topological polar surface area (TPSA) is 63.4 Å². The third-order valence-corrected chi connectivity index (χ3v) is 5.61. The second kappa shape index (κ2) is 4.27. The van der Waals surface area contributed by atoms with Crippen LogP contribution in [0.5, 0.6) is 0 Å². The van der Waals surface area contributed by atoms with E-state index in [4.69, 9.17) is 5.73 Å². The number of nitrogens with zero attached hydrogens (tertiary/aromatic N) is 1. The molecule has 0 aromatic heterocycles. The first-order chi connectivity index (χ1) is 7.53. The van der Waals surface area contributed by atoms with Gasteiger partial charge in [-0.2, -0.15) is 0 Å². The van der Waals surface area contributed by atoms with E-state index < -0.39 is 9.84 Å². The summed E-state index contributed by atoms with van der Waals surface area (Å²) in [4.78, 5) is 2.39. The Kier molecular flexibility index (Phi) is 3.29. The highest BCUT2D eigenvalue weighted by Gasteiger charge is 2.49. The van der Waals surface area contributed by atoms with Gasteiger partial charge in [0.1, 0.15) is 0 Å². The highest BCUT2D eigenvalue weighted by atomic mass is 32.2. The highest BCUT2D eigenvalue weighted by Crippen LogP contribution is 2.38. The van der Waals surface area contributed by atoms with Gasteiger partial charge in [0.15, 0.2) is 9.84 Å². The van der Waals surface area contributed by atoms with Gasteiger partial charge in [-0.05, 0) is 32.2 Å². The summed E-state index contributed by atoms with van der Waals surface area (Å²) in [6.45, 7) is 3.60. The Labute approximate surface area is 98.1 Å². The molecule has 0 bridgehead atoms. The zero-order chi connectivity index (χ0) is 11.8. The van der Waals surface area contributed by atoms with Crippen molar-refractivity contribution in [2.75, 3.05) is 24.6 Å². The molecule has 1 saturated carbocycles. The molecule has 0 spiro atoms. The lowest BCUT2D eigenvalue weighted by Crippen LogP contribution is -2.56. The van der Waals surface area contributed by atoms with E-state index in [1.54, 1.807) is 0 Å². The normalized spacial score (nSPS) is 33.4. The van der Waals surface area contributed by atoms with Crippen LogP contribution in [0.2, 0.25) is 0 Å². The van der Waals surface area contributed by atoms with Crippen molar-refractivity contribution in [2.45, 2.75) is 44.2 Å². The zero-order valence-corrected chi connectivity index (χ0v) is 10.8. The van der Waals surface area contributed by atoms with E-state index in [1.165, 1.54) is 12.8 Å². The average molecular weight is 246 g/mol. The van der Waals surface area contributed by atoms with Crippen molar-refractivity contribution in [3.8, 4) is 0 Å². The first-order valence-corrected chi connectivity index (χ1v) is 8.02. The standard InChI is InChI=1S/C11H22N2O2S/c1-2-6-13(10-3-4-10)11(8-12)5-7-16(14,15)9-11/h10H,2-9,12H2,1H3. The molecule has 0 aromatic rings. The molecule has 94 valence electrons. The Balaban J connectivity index is 2.19. The molecule has 2 rings (SSSR count). The fraction of sp³-hybridized carbons (Fsp3) is 1.00. The molecule has 1 saturated heterocycles. The summed E-state index contributed by atoms with van der Waals surface area (Å²) in [7, 11) is -2.86. The van der Waals surface area contributed by atoms with Gasteiger partial charge in [0, 0.05) is 18.1 Å². The van der Waals surface area contributed by atoms with Crippen molar-refractivity contribution in [1.29, 1.82) is 0 Å². The lowest BCUT2D eigenvalue weighted by molar-refractivity contribution is 0.106. The highest BCUT2D eigenvalue weighted by molar-refractivity contribution is 7.91. The minimum Gasteiger partial charge on any atom is -0.329 e. The van der Waals surface area contributed by atoms with Gasteiger partial charge in [-0.25, -0.2) is 8.42 Å². The SMILES string of the molecule is CCCN(C1CC1)C1(CN)CCS(=O)(=O)C1. The van der Waals surface area contributed by atoms with Crippen LogP contribution in [0.3, 0.4) is 0 Å². The summed E-state index contributed by atoms with van der Waals surface area (Å²) < 4.78 is 23.3. The number of hydrogen-bond acceptors (Lipinski definition) is 4. The van der Waals surface area contributed by atoms with Crippen molar-refractivity contribution < 1.29 is 8.42 Å². The maximum absolute atomic E-state index is 11.7. The first-order valence-electron chi connectivity index (χ1n) is 6.20. The minimum absolute atomic E-state index is 0.254. The summed E-state index contributed by atoms with van der Waals surface area (Å²) in [6.07, 6.45) is 4.21. The first kappa shape index (κ1) is 12.3. The monoisotopic (exact) mass is 246 g/mol. The molecule has 4 nitrogen and oxygen atoms in total. The summed E-state index contributed by atoms with van der Waals surface area (Å²) in [6, 6.07) is 0.594. The molecule has 1 atom stereocenters. The lowest BCUT2D eigenvalue weighted by Gasteiger charge is -2.40. The Bertz CT molecular complexity index is 351. The van der Waals surface area contributed by atoms with Gasteiger partial charge in [-0.15, -0.1) is 0 Å². The van der Waals surface area contributed by atoms with E-state index in [0.717, 1.165) is 19.4 Å². The van der Waals surface area contributed by atoms with Crippen LogP contribution in [0, 0.1) is 0 Å². The van der Waals surface area contributed by atoms with Crippen LogP contribution >= 0.6 is 0 Å². The molecule has 2 aliphatic rings. The predicted octanol–water partition coefficient (Wildman–Crippen LogP) is 0.377. The maximum Gasteiger partial charge on any atom is 0.152 e. The maximum atomic E-state index is 11.7. The summed E-state index contributed by atoms with van der Waals surface area (Å²) >= 11 is 0. The Morgan fingerprint density at radius 2 is 2.12 bits per heavy atom. The van der Waals surface area contributed by atoms with Crippen LogP contribution in [0.1, 0.15) is 32.6 Å². The van der Waals surface area contributed by atoms with E-state index in [-0.39, 0.29) is 11.3 Å². The summed E-state index contributed by atoms with van der Waals surface area (Å²) in [5.41, 5.74) is 5.63. The smallest absolute Gasteiger partial charge is 0.152 e. The molecule has 0 radical (unpaired) electrons. The Morgan fingerprint density at radius 3 is 2.50 bits per heavy atom. The molecule has 1 unspecified atom stereocenters. The van der Waals surface area contributed by atoms with Gasteiger partial charge in [-0.3, -0.25) is 4.90 Å². The van der Waals surface area contributed by atoms with Gasteiger partial charge < -0.3 is 5.73 Å². The van der Waals surface area contributed by atoms with E-state index in [0.29, 0.717) is 18.3 Å². The Morgan fingerprint density at radius 1 is 1.44 bits per heavy atom. The third-order valence-electron chi connectivity index (χ3n) is 3.81. The van der Waals surface area contributed by atoms with Crippen molar-refractivity contribution in [1.82, 2.24) is 4.90 Å². The van der Waals surface area contributed by atoms with Gasteiger partial charge in [0.05, 0.1) is 11.5 Å². The molecular weight excluding hydrogens is 224 g/mol. The fourth-order valence-corrected chi connectivity index (χ4v) is 4.92. The molecule has 5 heteroatoms. The van der Waals surface area contributed by atoms with E-state index >= 15 is 0 Å². The van der Waals surface area contributed by atoms with Crippen LogP contribution in [0.4, 0.5) is 0 Å². The van der Waals surface area contributed by atoms with E-state index in [2.05, 4.69) is 11.8 Å². The average Bonchev–Trinajstić information content (AvgIpc) is 3.00. The number of sulfone groups is 1. The molecule has 0 amide bonds. The minimum atomic E-state index is -2.86. The third kappa shape index (κ3) is 2.26. The quantitative estimate of drug-likeness (QED) is 0.761. The predicted molar refractivity (Wildman–Crippen MR) is 65.1 cm³/mol. The van der Waals surface area contributed by atoms with Crippen LogP contribution in [-0.4, -0.2) is 49.5 Å². The largest absolute Gasteiger partial charge is 0.329 e. The molecule has 2 N–H and O–H groups in total. The number of hydrogen-bond donors (Lipinski definition) is 1. The zero-order valence-electron chi connectivity index (χ0n) is 9.98. The second-order valence-corrected chi connectivity index (χ2v) is 7.38. The molecule has 16 heavy (non-hydrogen) atoms. The molecule has 1 aliphatic heterocycles. The van der Waals surface area contributed by atoms with Crippen molar-refractivity contribution in [3.63, 3.8) is 0 Å².